The number of rotatable bonds is 4. The van der Waals surface area contributed by atoms with Gasteiger partial charge in [0.1, 0.15) is 0 Å². The predicted octanol–water partition coefficient (Wildman–Crippen LogP) is 5.52. The lowest BCUT2D eigenvalue weighted by Gasteiger charge is -2.57. The maximum absolute atomic E-state index is 11.6. The molecule has 0 amide bonds. The van der Waals surface area contributed by atoms with E-state index in [0.29, 0.717) is 29.1 Å². The molecule has 0 spiro atoms. The molecule has 4 rings (SSSR count). The van der Waals surface area contributed by atoms with E-state index in [9.17, 15) is 9.90 Å². The predicted molar refractivity (Wildman–Crippen MR) is 112 cm³/mol. The minimum Gasteiger partial charge on any atom is -0.469 e. The first-order chi connectivity index (χ1) is 13.3. The third-order valence-electron chi connectivity index (χ3n) is 9.79. The van der Waals surface area contributed by atoms with E-state index >= 15 is 0 Å². The summed E-state index contributed by atoms with van der Waals surface area (Å²) in [6.07, 6.45) is 13.8. The number of aliphatic hydroxyl groups excluding tert-OH is 1. The molecule has 3 unspecified atom stereocenters. The van der Waals surface area contributed by atoms with Crippen molar-refractivity contribution in [3.63, 3.8) is 0 Å². The van der Waals surface area contributed by atoms with Crippen molar-refractivity contribution < 1.29 is 14.6 Å². The van der Waals surface area contributed by atoms with Gasteiger partial charge in [-0.15, -0.1) is 0 Å². The Kier molecular flexibility index (Phi) is 5.44. The highest BCUT2D eigenvalue weighted by atomic mass is 16.5. The second-order valence-electron chi connectivity index (χ2n) is 11.0. The Bertz CT molecular complexity index is 640. The third-order valence-corrected chi connectivity index (χ3v) is 9.79. The molecule has 4 aliphatic rings. The second kappa shape index (κ2) is 7.45. The maximum atomic E-state index is 11.6. The van der Waals surface area contributed by atoms with Crippen molar-refractivity contribution in [2.45, 2.75) is 91.1 Å². The van der Waals surface area contributed by atoms with Crippen LogP contribution in [0.3, 0.4) is 0 Å². The number of esters is 1. The van der Waals surface area contributed by atoms with Crippen LogP contribution in [0.15, 0.2) is 11.6 Å². The summed E-state index contributed by atoms with van der Waals surface area (Å²) in [5, 5.41) is 10.2. The van der Waals surface area contributed by atoms with Gasteiger partial charge >= 0.3 is 5.97 Å². The summed E-state index contributed by atoms with van der Waals surface area (Å²) in [5.74, 6) is 3.48. The van der Waals surface area contributed by atoms with Gasteiger partial charge in [0.25, 0.3) is 0 Å². The molecule has 1 N–H and O–H groups in total. The molecule has 0 heterocycles. The van der Waals surface area contributed by atoms with Gasteiger partial charge in [-0.2, -0.15) is 0 Å². The van der Waals surface area contributed by atoms with Gasteiger partial charge in [0.05, 0.1) is 13.2 Å². The molecule has 3 heteroatoms. The normalized spacial score (nSPS) is 46.0. The quantitative estimate of drug-likeness (QED) is 0.510. The van der Waals surface area contributed by atoms with Crippen molar-refractivity contribution in [2.75, 3.05) is 7.11 Å². The molecule has 4 aliphatic carbocycles. The lowest BCUT2D eigenvalue weighted by molar-refractivity contribution is -0.141. The molecule has 28 heavy (non-hydrogen) atoms. The van der Waals surface area contributed by atoms with Crippen LogP contribution in [0.5, 0.6) is 0 Å². The van der Waals surface area contributed by atoms with Crippen LogP contribution in [-0.2, 0) is 9.53 Å². The van der Waals surface area contributed by atoms with Crippen LogP contribution >= 0.6 is 0 Å². The Hall–Kier alpha value is -0.830. The number of carbonyl (C=O) groups is 1. The average molecular weight is 389 g/mol. The smallest absolute Gasteiger partial charge is 0.305 e. The highest BCUT2D eigenvalue weighted by Crippen LogP contribution is 2.66. The number of fused-ring (bicyclic) bond motifs is 5. The van der Waals surface area contributed by atoms with Crippen LogP contribution in [0.4, 0.5) is 0 Å². The van der Waals surface area contributed by atoms with Gasteiger partial charge in [0, 0.05) is 6.42 Å². The third kappa shape index (κ3) is 3.16. The molecular formula is C25H40O3. The molecular weight excluding hydrogens is 348 g/mol. The SMILES string of the molecule is COC(=O)CC[C@@H](C)C1CCC2C3CC[C@@H]4C[C@H](O)CC[C@]4(C)C3=CC[C@@]21C. The molecule has 0 radical (unpaired) electrons. The first-order valence-electron chi connectivity index (χ1n) is 11.7. The molecule has 3 nitrogen and oxygen atoms in total. The Morgan fingerprint density at radius 3 is 2.79 bits per heavy atom. The number of hydrogen-bond donors (Lipinski definition) is 1. The van der Waals surface area contributed by atoms with Crippen LogP contribution in [0.2, 0.25) is 0 Å². The van der Waals surface area contributed by atoms with E-state index in [-0.39, 0.29) is 12.1 Å². The molecule has 0 aromatic carbocycles. The Balaban J connectivity index is 1.53. The molecule has 0 saturated heterocycles. The van der Waals surface area contributed by atoms with Crippen molar-refractivity contribution in [1.29, 1.82) is 0 Å². The first kappa shape index (κ1) is 20.4. The summed E-state index contributed by atoms with van der Waals surface area (Å²) in [6.45, 7) is 7.42. The van der Waals surface area contributed by atoms with Gasteiger partial charge < -0.3 is 9.84 Å². The standard InChI is InChI=1S/C25H40O3/c1-16(5-10-23(27)28-4)20-8-9-21-19-7-6-17-15-18(26)11-13-24(17,2)22(19)12-14-25(20,21)3/h12,16-21,26H,5-11,13-15H2,1-4H3/t16-,17-,18-,19?,20?,21?,24+,25-/m1/s1. The summed E-state index contributed by atoms with van der Waals surface area (Å²) in [7, 11) is 1.49. The van der Waals surface area contributed by atoms with E-state index in [1.54, 1.807) is 5.57 Å². The van der Waals surface area contributed by atoms with Gasteiger partial charge in [-0.05, 0) is 98.2 Å². The van der Waals surface area contributed by atoms with Crippen molar-refractivity contribution in [3.8, 4) is 0 Å². The van der Waals surface area contributed by atoms with Crippen LogP contribution in [-0.4, -0.2) is 24.3 Å². The van der Waals surface area contributed by atoms with E-state index < -0.39 is 0 Å². The molecule has 3 saturated carbocycles. The fraction of sp³-hybridized carbons (Fsp3) is 0.880. The number of allylic oxidation sites excluding steroid dienone is 2. The van der Waals surface area contributed by atoms with Crippen molar-refractivity contribution in [2.24, 2.45) is 40.4 Å². The Morgan fingerprint density at radius 1 is 1.25 bits per heavy atom. The molecule has 0 aromatic rings. The first-order valence-corrected chi connectivity index (χ1v) is 11.7. The van der Waals surface area contributed by atoms with Crippen molar-refractivity contribution in [1.82, 2.24) is 0 Å². The lowest BCUT2D eigenvalue weighted by atomic mass is 9.48. The number of carbonyl (C=O) groups excluding carboxylic acids is 1. The average Bonchev–Trinajstić information content (AvgIpc) is 3.03. The minimum absolute atomic E-state index is 0.0666. The summed E-state index contributed by atoms with van der Waals surface area (Å²) in [5.41, 5.74) is 2.49. The number of ether oxygens (including phenoxy) is 1. The number of hydrogen-bond acceptors (Lipinski definition) is 3. The molecule has 3 fully saturated rings. The fourth-order valence-electron chi connectivity index (χ4n) is 8.13. The Morgan fingerprint density at radius 2 is 2.04 bits per heavy atom. The molecule has 158 valence electrons. The molecule has 0 aliphatic heterocycles. The van der Waals surface area contributed by atoms with E-state index in [4.69, 9.17) is 4.74 Å². The highest BCUT2D eigenvalue weighted by Gasteiger charge is 2.57. The summed E-state index contributed by atoms with van der Waals surface area (Å²) in [6, 6.07) is 0. The van der Waals surface area contributed by atoms with Gasteiger partial charge in [-0.3, -0.25) is 4.79 Å². The largest absolute Gasteiger partial charge is 0.469 e. The van der Waals surface area contributed by atoms with E-state index in [1.165, 1.54) is 45.6 Å². The summed E-state index contributed by atoms with van der Waals surface area (Å²) >= 11 is 0. The Labute approximate surface area is 171 Å². The van der Waals surface area contributed by atoms with Crippen LogP contribution in [0, 0.1) is 40.4 Å². The van der Waals surface area contributed by atoms with Crippen molar-refractivity contribution >= 4 is 5.97 Å². The topological polar surface area (TPSA) is 46.5 Å². The van der Waals surface area contributed by atoms with Gasteiger partial charge in [0.2, 0.25) is 0 Å². The summed E-state index contributed by atoms with van der Waals surface area (Å²) in [4.78, 5) is 11.6. The van der Waals surface area contributed by atoms with Gasteiger partial charge in [0.15, 0.2) is 0 Å². The highest BCUT2D eigenvalue weighted by molar-refractivity contribution is 5.69. The number of methoxy groups -OCH3 is 1. The lowest BCUT2D eigenvalue weighted by Crippen LogP contribution is -2.48. The molecule has 8 atom stereocenters. The molecule has 0 aromatic heterocycles. The summed E-state index contributed by atoms with van der Waals surface area (Å²) < 4.78 is 4.87. The van der Waals surface area contributed by atoms with Gasteiger partial charge in [-0.1, -0.05) is 32.4 Å². The van der Waals surface area contributed by atoms with E-state index in [2.05, 4.69) is 26.8 Å². The maximum Gasteiger partial charge on any atom is 0.305 e. The zero-order valence-corrected chi connectivity index (χ0v) is 18.4. The van der Waals surface area contributed by atoms with E-state index in [1.807, 2.05) is 0 Å². The zero-order chi connectivity index (χ0) is 20.1. The fourth-order valence-corrected chi connectivity index (χ4v) is 8.13. The second-order valence-corrected chi connectivity index (χ2v) is 11.0. The minimum atomic E-state index is -0.0735. The van der Waals surface area contributed by atoms with Crippen LogP contribution in [0.25, 0.3) is 0 Å². The van der Waals surface area contributed by atoms with Crippen LogP contribution < -0.4 is 0 Å². The zero-order valence-electron chi connectivity index (χ0n) is 18.4. The van der Waals surface area contributed by atoms with E-state index in [0.717, 1.165) is 37.0 Å². The monoisotopic (exact) mass is 388 g/mol. The molecule has 0 bridgehead atoms. The number of aliphatic hydroxyl groups is 1. The van der Waals surface area contributed by atoms with Crippen molar-refractivity contribution in [3.05, 3.63) is 11.6 Å². The van der Waals surface area contributed by atoms with Crippen LogP contribution in [0.1, 0.15) is 85.0 Å². The van der Waals surface area contributed by atoms with Gasteiger partial charge in [-0.25, -0.2) is 0 Å².